The highest BCUT2D eigenvalue weighted by atomic mass is 16.3. The molecule has 0 aromatic heterocycles. The standard InChI is InChI=1S/C6H11NO3/c1-3-5(9)7-6(10)4(2)8/h3-4,6,8,10H,1H2,2H3,(H,7,9). The molecule has 0 saturated heterocycles. The van der Waals surface area contributed by atoms with Crippen LogP contribution < -0.4 is 5.32 Å². The molecular formula is C6H11NO3. The fraction of sp³-hybridized carbons (Fsp3) is 0.500. The van der Waals surface area contributed by atoms with E-state index in [0.717, 1.165) is 6.08 Å². The Morgan fingerprint density at radius 2 is 2.20 bits per heavy atom. The van der Waals surface area contributed by atoms with Crippen LogP contribution in [0, 0.1) is 0 Å². The summed E-state index contributed by atoms with van der Waals surface area (Å²) in [5.41, 5.74) is 0. The molecule has 0 aromatic carbocycles. The van der Waals surface area contributed by atoms with Gasteiger partial charge in [0.2, 0.25) is 5.91 Å². The molecule has 10 heavy (non-hydrogen) atoms. The molecule has 0 aliphatic rings. The average molecular weight is 145 g/mol. The zero-order valence-electron chi connectivity index (χ0n) is 5.74. The lowest BCUT2D eigenvalue weighted by Crippen LogP contribution is -2.40. The Labute approximate surface area is 59.2 Å². The van der Waals surface area contributed by atoms with Crippen molar-refractivity contribution in [2.45, 2.75) is 19.3 Å². The van der Waals surface area contributed by atoms with Gasteiger partial charge in [-0.2, -0.15) is 0 Å². The summed E-state index contributed by atoms with van der Waals surface area (Å²) in [5.74, 6) is -0.506. The van der Waals surface area contributed by atoms with Gasteiger partial charge in [-0.1, -0.05) is 6.58 Å². The van der Waals surface area contributed by atoms with Crippen molar-refractivity contribution in [2.75, 3.05) is 0 Å². The minimum absolute atomic E-state index is 0.506. The van der Waals surface area contributed by atoms with E-state index in [1.807, 2.05) is 0 Å². The van der Waals surface area contributed by atoms with Gasteiger partial charge in [-0.15, -0.1) is 0 Å². The maximum Gasteiger partial charge on any atom is 0.245 e. The van der Waals surface area contributed by atoms with Gasteiger partial charge in [-0.25, -0.2) is 0 Å². The molecule has 0 aliphatic heterocycles. The van der Waals surface area contributed by atoms with Gasteiger partial charge in [-0.3, -0.25) is 4.79 Å². The largest absolute Gasteiger partial charge is 0.389 e. The van der Waals surface area contributed by atoms with Crippen LogP contribution in [0.1, 0.15) is 6.92 Å². The Morgan fingerprint density at radius 1 is 1.70 bits per heavy atom. The molecule has 0 aliphatic carbocycles. The molecule has 3 N–H and O–H groups in total. The van der Waals surface area contributed by atoms with Gasteiger partial charge in [0, 0.05) is 0 Å². The van der Waals surface area contributed by atoms with Crippen LogP contribution >= 0.6 is 0 Å². The topological polar surface area (TPSA) is 69.6 Å². The highest BCUT2D eigenvalue weighted by Gasteiger charge is 2.10. The fourth-order valence-electron chi connectivity index (χ4n) is 0.325. The first kappa shape index (κ1) is 9.13. The average Bonchev–Trinajstić information content (AvgIpc) is 1.87. The van der Waals surface area contributed by atoms with Crippen molar-refractivity contribution in [3.63, 3.8) is 0 Å². The van der Waals surface area contributed by atoms with Gasteiger partial charge >= 0.3 is 0 Å². The number of carbonyl (C=O) groups excluding carboxylic acids is 1. The predicted molar refractivity (Wildman–Crippen MR) is 36.0 cm³/mol. The molecule has 0 saturated carbocycles. The van der Waals surface area contributed by atoms with E-state index in [4.69, 9.17) is 10.2 Å². The lowest BCUT2D eigenvalue weighted by Gasteiger charge is -2.13. The van der Waals surface area contributed by atoms with Gasteiger partial charge in [0.1, 0.15) is 0 Å². The fourth-order valence-corrected chi connectivity index (χ4v) is 0.325. The normalized spacial score (nSPS) is 15.5. The zero-order chi connectivity index (χ0) is 8.15. The van der Waals surface area contributed by atoms with E-state index in [0.29, 0.717) is 0 Å². The monoisotopic (exact) mass is 145 g/mol. The number of aliphatic hydroxyl groups is 2. The molecule has 4 heteroatoms. The molecule has 0 radical (unpaired) electrons. The number of rotatable bonds is 3. The number of hydrogen-bond donors (Lipinski definition) is 3. The Balaban J connectivity index is 3.67. The third kappa shape index (κ3) is 3.21. The SMILES string of the molecule is C=CC(=O)NC(O)C(C)O. The molecule has 0 rings (SSSR count). The first-order chi connectivity index (χ1) is 4.57. The molecular weight excluding hydrogens is 134 g/mol. The van der Waals surface area contributed by atoms with Crippen LogP contribution in [0.15, 0.2) is 12.7 Å². The first-order valence-corrected chi connectivity index (χ1v) is 2.87. The summed E-state index contributed by atoms with van der Waals surface area (Å²) in [4.78, 5) is 10.4. The van der Waals surface area contributed by atoms with Gasteiger partial charge < -0.3 is 15.5 Å². The Morgan fingerprint density at radius 3 is 2.50 bits per heavy atom. The van der Waals surface area contributed by atoms with Gasteiger partial charge in [0.25, 0.3) is 0 Å². The summed E-state index contributed by atoms with van der Waals surface area (Å²) in [6.07, 6.45) is -1.17. The molecule has 4 nitrogen and oxygen atoms in total. The van der Waals surface area contributed by atoms with Crippen molar-refractivity contribution in [1.82, 2.24) is 5.32 Å². The molecule has 58 valence electrons. The second-order valence-electron chi connectivity index (χ2n) is 1.90. The highest BCUT2D eigenvalue weighted by molar-refractivity contribution is 5.86. The third-order valence-electron chi connectivity index (χ3n) is 0.932. The van der Waals surface area contributed by atoms with Crippen molar-refractivity contribution in [2.24, 2.45) is 0 Å². The second kappa shape index (κ2) is 4.03. The molecule has 0 bridgehead atoms. The van der Waals surface area contributed by atoms with Crippen LogP contribution in [0.25, 0.3) is 0 Å². The van der Waals surface area contributed by atoms with Crippen LogP contribution in [-0.4, -0.2) is 28.5 Å². The molecule has 0 fully saturated rings. The van der Waals surface area contributed by atoms with Crippen LogP contribution in [0.3, 0.4) is 0 Å². The summed E-state index contributed by atoms with van der Waals surface area (Å²) in [7, 11) is 0. The van der Waals surface area contributed by atoms with E-state index in [2.05, 4.69) is 11.9 Å². The van der Waals surface area contributed by atoms with Crippen LogP contribution in [-0.2, 0) is 4.79 Å². The summed E-state index contributed by atoms with van der Waals surface area (Å²) < 4.78 is 0. The zero-order valence-corrected chi connectivity index (χ0v) is 5.74. The summed E-state index contributed by atoms with van der Waals surface area (Å²) in [6, 6.07) is 0. The molecule has 0 aromatic rings. The Hall–Kier alpha value is -0.870. The minimum Gasteiger partial charge on any atom is -0.389 e. The second-order valence-corrected chi connectivity index (χ2v) is 1.90. The van der Waals surface area contributed by atoms with Crippen molar-refractivity contribution in [1.29, 1.82) is 0 Å². The van der Waals surface area contributed by atoms with Gasteiger partial charge in [0.05, 0.1) is 6.10 Å². The lowest BCUT2D eigenvalue weighted by atomic mass is 10.3. The Bertz CT molecular complexity index is 133. The number of hydrogen-bond acceptors (Lipinski definition) is 3. The highest BCUT2D eigenvalue weighted by Crippen LogP contribution is 1.85. The third-order valence-corrected chi connectivity index (χ3v) is 0.932. The summed E-state index contributed by atoms with van der Waals surface area (Å²) >= 11 is 0. The maximum absolute atomic E-state index is 10.4. The van der Waals surface area contributed by atoms with E-state index in [9.17, 15) is 4.79 Å². The maximum atomic E-state index is 10.4. The molecule has 2 unspecified atom stereocenters. The van der Waals surface area contributed by atoms with Crippen LogP contribution in [0.4, 0.5) is 0 Å². The number of nitrogens with one attached hydrogen (secondary N) is 1. The van der Waals surface area contributed by atoms with Gasteiger partial charge in [0.15, 0.2) is 6.23 Å². The van der Waals surface area contributed by atoms with Crippen LogP contribution in [0.5, 0.6) is 0 Å². The first-order valence-electron chi connectivity index (χ1n) is 2.87. The summed E-state index contributed by atoms with van der Waals surface area (Å²) in [5, 5.41) is 19.5. The van der Waals surface area contributed by atoms with E-state index in [1.54, 1.807) is 0 Å². The minimum atomic E-state index is -1.22. The molecule has 2 atom stereocenters. The smallest absolute Gasteiger partial charge is 0.245 e. The van der Waals surface area contributed by atoms with Crippen molar-refractivity contribution >= 4 is 5.91 Å². The van der Waals surface area contributed by atoms with Crippen molar-refractivity contribution in [3.05, 3.63) is 12.7 Å². The van der Waals surface area contributed by atoms with E-state index in [1.165, 1.54) is 6.92 Å². The quantitative estimate of drug-likeness (QED) is 0.352. The molecule has 0 heterocycles. The van der Waals surface area contributed by atoms with E-state index >= 15 is 0 Å². The number of carbonyl (C=O) groups is 1. The van der Waals surface area contributed by atoms with Crippen LogP contribution in [0.2, 0.25) is 0 Å². The number of aliphatic hydroxyl groups excluding tert-OH is 2. The summed E-state index contributed by atoms with van der Waals surface area (Å²) in [6.45, 7) is 4.54. The molecule has 0 spiro atoms. The Kier molecular flexibility index (Phi) is 3.68. The van der Waals surface area contributed by atoms with Gasteiger partial charge in [-0.05, 0) is 13.0 Å². The lowest BCUT2D eigenvalue weighted by molar-refractivity contribution is -0.121. The van der Waals surface area contributed by atoms with E-state index in [-0.39, 0.29) is 0 Å². The predicted octanol–water partition coefficient (Wildman–Crippen LogP) is -1.01. The molecule has 1 amide bonds. The van der Waals surface area contributed by atoms with E-state index < -0.39 is 18.2 Å². The number of amides is 1. The van der Waals surface area contributed by atoms with Crippen molar-refractivity contribution in [3.8, 4) is 0 Å². The van der Waals surface area contributed by atoms with Crippen molar-refractivity contribution < 1.29 is 15.0 Å².